The molecule has 27 heavy (non-hydrogen) atoms. The number of ether oxygens (including phenoxy) is 1. The van der Waals surface area contributed by atoms with Crippen molar-refractivity contribution in [3.8, 4) is 5.75 Å². The van der Waals surface area contributed by atoms with E-state index in [1.807, 2.05) is 0 Å². The topological polar surface area (TPSA) is 102 Å². The van der Waals surface area contributed by atoms with E-state index in [9.17, 15) is 20.0 Å². The number of nitrogens with zero attached hydrogens (tertiary/aromatic N) is 2. The molecule has 0 saturated carbocycles. The highest BCUT2D eigenvalue weighted by Crippen LogP contribution is 2.40. The van der Waals surface area contributed by atoms with E-state index in [1.54, 1.807) is 6.92 Å². The number of aromatic hydroxyl groups is 1. The summed E-state index contributed by atoms with van der Waals surface area (Å²) in [6.45, 7) is 2.04. The van der Waals surface area contributed by atoms with Crippen LogP contribution >= 0.6 is 27.3 Å². The van der Waals surface area contributed by atoms with Crippen LogP contribution in [0.4, 0.5) is 10.7 Å². The van der Waals surface area contributed by atoms with Gasteiger partial charge in [-0.3, -0.25) is 10.1 Å². The minimum absolute atomic E-state index is 0.203. The van der Waals surface area contributed by atoms with E-state index in [2.05, 4.69) is 20.9 Å². The highest BCUT2D eigenvalue weighted by Gasteiger charge is 2.26. The number of carbonyl (C=O) groups excluding carboxylic acids is 1. The predicted octanol–water partition coefficient (Wildman–Crippen LogP) is 4.93. The number of halogens is 1. The first-order valence-electron chi connectivity index (χ1n) is 8.45. The van der Waals surface area contributed by atoms with E-state index < -0.39 is 16.4 Å². The number of thiophene rings is 1. The van der Waals surface area contributed by atoms with Crippen LogP contribution in [0, 0.1) is 10.1 Å². The summed E-state index contributed by atoms with van der Waals surface area (Å²) in [5.41, 5.74) is 1.53. The third-order valence-corrected chi connectivity index (χ3v) is 6.03. The van der Waals surface area contributed by atoms with Gasteiger partial charge in [0.2, 0.25) is 5.75 Å². The maximum Gasteiger partial charge on any atom is 0.341 e. The molecule has 3 rings (SSSR count). The Kier molecular flexibility index (Phi) is 5.91. The molecule has 7 nitrogen and oxygen atoms in total. The fourth-order valence-electron chi connectivity index (χ4n) is 3.01. The zero-order chi connectivity index (χ0) is 19.6. The lowest BCUT2D eigenvalue weighted by molar-refractivity contribution is -0.386. The molecule has 0 aliphatic heterocycles. The number of carbonyl (C=O) groups is 1. The molecule has 9 heteroatoms. The Morgan fingerprint density at radius 1 is 1.44 bits per heavy atom. The second-order valence-electron chi connectivity index (χ2n) is 6.00. The number of esters is 1. The fourth-order valence-corrected chi connectivity index (χ4v) is 4.70. The number of aliphatic imine (C=N–C) groups is 1. The molecule has 1 aromatic heterocycles. The number of fused-ring (bicyclic) bond motifs is 1. The van der Waals surface area contributed by atoms with Gasteiger partial charge in [-0.1, -0.05) is 0 Å². The first-order valence-corrected chi connectivity index (χ1v) is 10.1. The third-order valence-electron chi connectivity index (χ3n) is 4.23. The molecule has 0 atom stereocenters. The summed E-state index contributed by atoms with van der Waals surface area (Å²) < 4.78 is 5.40. The number of phenolic OH excluding ortho intramolecular Hbond substituents is 1. The van der Waals surface area contributed by atoms with Gasteiger partial charge >= 0.3 is 11.7 Å². The van der Waals surface area contributed by atoms with E-state index in [0.717, 1.165) is 36.1 Å². The zero-order valence-corrected chi connectivity index (χ0v) is 16.9. The van der Waals surface area contributed by atoms with Gasteiger partial charge in [0.15, 0.2) is 0 Å². The molecule has 1 aromatic carbocycles. The molecule has 1 aliphatic rings. The van der Waals surface area contributed by atoms with Gasteiger partial charge in [0.05, 0.1) is 21.6 Å². The Morgan fingerprint density at radius 3 is 2.89 bits per heavy atom. The monoisotopic (exact) mass is 452 g/mol. The Morgan fingerprint density at radius 2 is 2.19 bits per heavy atom. The lowest BCUT2D eigenvalue weighted by Gasteiger charge is -2.11. The SMILES string of the molecule is CCOC(=O)c1c(/N=C/c2cc(Br)c(O)c([N+](=O)[O-])c2)sc2c1CCCC2. The molecule has 2 aromatic rings. The van der Waals surface area contributed by atoms with Crippen molar-refractivity contribution in [3.05, 3.63) is 48.3 Å². The molecule has 1 aliphatic carbocycles. The zero-order valence-electron chi connectivity index (χ0n) is 14.5. The quantitative estimate of drug-likeness (QED) is 0.299. The van der Waals surface area contributed by atoms with Crippen molar-refractivity contribution in [1.29, 1.82) is 0 Å². The van der Waals surface area contributed by atoms with Gasteiger partial charge in [0, 0.05) is 22.7 Å². The molecule has 0 unspecified atom stereocenters. The standard InChI is InChI=1S/C18H17BrN2O5S/c1-2-26-18(23)15-11-5-3-4-6-14(11)27-17(15)20-9-10-7-12(19)16(22)13(8-10)21(24)25/h7-9,22H,2-6H2,1H3/b20-9+. The molecule has 0 amide bonds. The van der Waals surface area contributed by atoms with Crippen LogP contribution in [0.3, 0.4) is 0 Å². The summed E-state index contributed by atoms with van der Waals surface area (Å²) >= 11 is 4.57. The summed E-state index contributed by atoms with van der Waals surface area (Å²) in [6, 6.07) is 2.77. The van der Waals surface area contributed by atoms with E-state index in [4.69, 9.17) is 4.74 Å². The van der Waals surface area contributed by atoms with Crippen LogP contribution in [0.2, 0.25) is 0 Å². The van der Waals surface area contributed by atoms with Crippen molar-refractivity contribution in [2.45, 2.75) is 32.6 Å². The number of hydrogen-bond donors (Lipinski definition) is 1. The van der Waals surface area contributed by atoms with Gasteiger partial charge in [-0.25, -0.2) is 9.79 Å². The third kappa shape index (κ3) is 4.03. The lowest BCUT2D eigenvalue weighted by Crippen LogP contribution is -2.09. The number of rotatable bonds is 5. The summed E-state index contributed by atoms with van der Waals surface area (Å²) in [5, 5.41) is 21.4. The van der Waals surface area contributed by atoms with E-state index in [0.29, 0.717) is 16.1 Å². The van der Waals surface area contributed by atoms with Crippen LogP contribution in [-0.2, 0) is 17.6 Å². The molecular weight excluding hydrogens is 436 g/mol. The highest BCUT2D eigenvalue weighted by molar-refractivity contribution is 9.10. The first-order chi connectivity index (χ1) is 12.9. The maximum absolute atomic E-state index is 12.4. The number of benzene rings is 1. The Hall–Kier alpha value is -2.26. The average Bonchev–Trinajstić information content (AvgIpc) is 3.01. The number of phenols is 1. The minimum atomic E-state index is -0.661. The second-order valence-corrected chi connectivity index (χ2v) is 7.94. The van der Waals surface area contributed by atoms with Crippen molar-refractivity contribution >= 4 is 50.1 Å². The number of aryl methyl sites for hydroxylation is 1. The highest BCUT2D eigenvalue weighted by atomic mass is 79.9. The number of hydrogen-bond acceptors (Lipinski definition) is 7. The molecular formula is C18H17BrN2O5S. The largest absolute Gasteiger partial charge is 0.501 e. The van der Waals surface area contributed by atoms with Crippen molar-refractivity contribution in [3.63, 3.8) is 0 Å². The van der Waals surface area contributed by atoms with Crippen molar-refractivity contribution in [2.75, 3.05) is 6.61 Å². The molecule has 0 radical (unpaired) electrons. The minimum Gasteiger partial charge on any atom is -0.501 e. The fraction of sp³-hybridized carbons (Fsp3) is 0.333. The lowest BCUT2D eigenvalue weighted by atomic mass is 9.95. The van der Waals surface area contributed by atoms with E-state index in [-0.39, 0.29) is 17.0 Å². The van der Waals surface area contributed by atoms with Crippen LogP contribution in [0.5, 0.6) is 5.75 Å². The van der Waals surface area contributed by atoms with Crippen LogP contribution in [0.1, 0.15) is 46.1 Å². The van der Waals surface area contributed by atoms with Crippen LogP contribution in [0.25, 0.3) is 0 Å². The number of nitro groups is 1. The molecule has 1 N–H and O–H groups in total. The summed E-state index contributed by atoms with van der Waals surface area (Å²) in [5.74, 6) is -0.821. The van der Waals surface area contributed by atoms with Crippen molar-refractivity contribution in [2.24, 2.45) is 4.99 Å². The predicted molar refractivity (Wildman–Crippen MR) is 107 cm³/mol. The van der Waals surface area contributed by atoms with Gasteiger partial charge in [0.1, 0.15) is 5.00 Å². The Labute approximate surface area is 168 Å². The first kappa shape index (κ1) is 19.5. The van der Waals surface area contributed by atoms with E-state index >= 15 is 0 Å². The van der Waals surface area contributed by atoms with Crippen molar-refractivity contribution in [1.82, 2.24) is 0 Å². The molecule has 0 bridgehead atoms. The Bertz CT molecular complexity index is 938. The Balaban J connectivity index is 2.01. The van der Waals surface area contributed by atoms with Gasteiger partial charge in [-0.2, -0.15) is 0 Å². The average molecular weight is 453 g/mol. The summed E-state index contributed by atoms with van der Waals surface area (Å²) in [4.78, 5) is 28.4. The van der Waals surface area contributed by atoms with E-state index in [1.165, 1.54) is 29.7 Å². The summed E-state index contributed by atoms with van der Waals surface area (Å²) in [7, 11) is 0. The van der Waals surface area contributed by atoms with Gasteiger partial charge < -0.3 is 9.84 Å². The van der Waals surface area contributed by atoms with Crippen LogP contribution in [-0.4, -0.2) is 28.8 Å². The number of nitro benzene ring substituents is 1. The smallest absolute Gasteiger partial charge is 0.341 e. The molecule has 0 fully saturated rings. The molecule has 142 valence electrons. The summed E-state index contributed by atoms with van der Waals surface area (Å²) in [6.07, 6.45) is 5.30. The van der Waals surface area contributed by atoms with Gasteiger partial charge in [0.25, 0.3) is 0 Å². The van der Waals surface area contributed by atoms with Crippen LogP contribution in [0.15, 0.2) is 21.6 Å². The maximum atomic E-state index is 12.4. The second kappa shape index (κ2) is 8.18. The molecule has 0 saturated heterocycles. The molecule has 1 heterocycles. The van der Waals surface area contributed by atoms with Crippen LogP contribution < -0.4 is 0 Å². The molecule has 0 spiro atoms. The van der Waals surface area contributed by atoms with Gasteiger partial charge in [-0.05, 0) is 60.2 Å². The van der Waals surface area contributed by atoms with Crippen molar-refractivity contribution < 1.29 is 19.6 Å². The normalized spacial score (nSPS) is 13.6. The van der Waals surface area contributed by atoms with Gasteiger partial charge in [-0.15, -0.1) is 11.3 Å².